The second-order valence-electron chi connectivity index (χ2n) is 7.01. The van der Waals surface area contributed by atoms with Crippen LogP contribution in [0.15, 0.2) is 11.6 Å². The maximum Gasteiger partial charge on any atom is 0.228 e. The quantitative estimate of drug-likeness (QED) is 0.850. The van der Waals surface area contributed by atoms with Crippen LogP contribution < -0.4 is 0 Å². The Kier molecular flexibility index (Phi) is 4.99. The molecule has 2 atom stereocenters. The molecule has 0 spiro atoms. The first-order valence-electron chi connectivity index (χ1n) is 8.54. The van der Waals surface area contributed by atoms with Crippen molar-refractivity contribution < 1.29 is 9.59 Å². The Morgan fingerprint density at radius 1 is 1.43 bits per heavy atom. The van der Waals surface area contributed by atoms with Crippen LogP contribution in [0.5, 0.6) is 0 Å². The summed E-state index contributed by atoms with van der Waals surface area (Å²) < 4.78 is 0. The Morgan fingerprint density at radius 3 is 2.96 bits per heavy atom. The van der Waals surface area contributed by atoms with Crippen LogP contribution in [-0.4, -0.2) is 46.2 Å². The summed E-state index contributed by atoms with van der Waals surface area (Å²) in [6, 6.07) is 0.102. The first-order chi connectivity index (χ1) is 11.1. The van der Waals surface area contributed by atoms with Crippen LogP contribution in [0.4, 0.5) is 0 Å². The molecule has 6 heteroatoms. The molecule has 0 aliphatic carbocycles. The Balaban J connectivity index is 1.70. The van der Waals surface area contributed by atoms with Crippen molar-refractivity contribution in [3.05, 3.63) is 16.6 Å². The third-order valence-electron chi connectivity index (χ3n) is 4.67. The number of thiazole rings is 1. The van der Waals surface area contributed by atoms with Gasteiger partial charge in [-0.2, -0.15) is 0 Å². The Hall–Kier alpha value is -1.43. The lowest BCUT2D eigenvalue weighted by Crippen LogP contribution is -2.42. The second-order valence-corrected chi connectivity index (χ2v) is 7.93. The predicted octanol–water partition coefficient (Wildman–Crippen LogP) is 2.70. The third-order valence-corrected chi connectivity index (χ3v) is 5.55. The van der Waals surface area contributed by atoms with Gasteiger partial charge < -0.3 is 9.80 Å². The van der Waals surface area contributed by atoms with Gasteiger partial charge in [0.15, 0.2) is 0 Å². The summed E-state index contributed by atoms with van der Waals surface area (Å²) in [6.07, 6.45) is 5.34. The SMILES string of the molecule is CC(C)CN1C[C@@H](C(=O)N2CCCC[C@H]2c2nccs2)CC1=O. The summed E-state index contributed by atoms with van der Waals surface area (Å²) in [5, 5.41) is 3.00. The molecule has 2 saturated heterocycles. The highest BCUT2D eigenvalue weighted by Crippen LogP contribution is 2.34. The normalized spacial score (nSPS) is 25.4. The van der Waals surface area contributed by atoms with Gasteiger partial charge in [-0.1, -0.05) is 13.8 Å². The van der Waals surface area contributed by atoms with Gasteiger partial charge >= 0.3 is 0 Å². The van der Waals surface area contributed by atoms with Gasteiger partial charge in [-0.15, -0.1) is 11.3 Å². The molecule has 0 radical (unpaired) electrons. The molecular formula is C17H25N3O2S. The van der Waals surface area contributed by atoms with Gasteiger partial charge in [-0.25, -0.2) is 4.98 Å². The number of likely N-dealkylation sites (tertiary alicyclic amines) is 2. The molecule has 0 saturated carbocycles. The van der Waals surface area contributed by atoms with Crippen molar-refractivity contribution in [3.8, 4) is 0 Å². The zero-order valence-electron chi connectivity index (χ0n) is 13.9. The summed E-state index contributed by atoms with van der Waals surface area (Å²) in [6.45, 7) is 6.32. The second kappa shape index (κ2) is 6.99. The van der Waals surface area contributed by atoms with Crippen molar-refractivity contribution in [2.24, 2.45) is 11.8 Å². The molecule has 2 aliphatic rings. The highest BCUT2D eigenvalue weighted by atomic mass is 32.1. The van der Waals surface area contributed by atoms with E-state index in [1.165, 1.54) is 0 Å². The summed E-state index contributed by atoms with van der Waals surface area (Å²) in [7, 11) is 0. The van der Waals surface area contributed by atoms with Crippen LogP contribution in [-0.2, 0) is 9.59 Å². The van der Waals surface area contributed by atoms with Crippen LogP contribution in [0.3, 0.4) is 0 Å². The molecular weight excluding hydrogens is 310 g/mol. The van der Waals surface area contributed by atoms with E-state index in [0.717, 1.165) is 37.4 Å². The van der Waals surface area contributed by atoms with E-state index in [1.807, 2.05) is 15.2 Å². The van der Waals surface area contributed by atoms with Crippen molar-refractivity contribution >= 4 is 23.2 Å². The molecule has 2 aliphatic heterocycles. The van der Waals surface area contributed by atoms with Crippen LogP contribution in [0.25, 0.3) is 0 Å². The lowest BCUT2D eigenvalue weighted by Gasteiger charge is -2.36. The van der Waals surface area contributed by atoms with Gasteiger partial charge in [0.05, 0.1) is 12.0 Å². The zero-order chi connectivity index (χ0) is 16.4. The van der Waals surface area contributed by atoms with Crippen molar-refractivity contribution in [1.82, 2.24) is 14.8 Å². The van der Waals surface area contributed by atoms with E-state index in [9.17, 15) is 9.59 Å². The Morgan fingerprint density at radius 2 is 2.26 bits per heavy atom. The standard InChI is InChI=1S/C17H25N3O2S/c1-12(2)10-19-11-13(9-15(19)21)17(22)20-7-4-3-5-14(20)16-18-6-8-23-16/h6,8,12-14H,3-5,7,9-11H2,1-2H3/t13-,14-/m0/s1. The highest BCUT2D eigenvalue weighted by Gasteiger charge is 2.39. The molecule has 23 heavy (non-hydrogen) atoms. The minimum absolute atomic E-state index is 0.102. The number of carbonyl (C=O) groups is 2. The maximum absolute atomic E-state index is 13.0. The van der Waals surface area contributed by atoms with Gasteiger partial charge in [0, 0.05) is 37.6 Å². The molecule has 3 rings (SSSR count). The molecule has 0 bridgehead atoms. The molecule has 1 aromatic rings. The first-order valence-corrected chi connectivity index (χ1v) is 9.42. The molecule has 0 unspecified atom stereocenters. The predicted molar refractivity (Wildman–Crippen MR) is 89.9 cm³/mol. The number of carbonyl (C=O) groups excluding carboxylic acids is 2. The van der Waals surface area contributed by atoms with Crippen LogP contribution in [0.1, 0.15) is 50.6 Å². The largest absolute Gasteiger partial charge is 0.342 e. The van der Waals surface area contributed by atoms with E-state index in [1.54, 1.807) is 17.5 Å². The fourth-order valence-corrected chi connectivity index (χ4v) is 4.43. The fourth-order valence-electron chi connectivity index (χ4n) is 3.64. The van der Waals surface area contributed by atoms with E-state index in [-0.39, 0.29) is 23.8 Å². The van der Waals surface area contributed by atoms with E-state index in [2.05, 4.69) is 18.8 Å². The zero-order valence-corrected chi connectivity index (χ0v) is 14.7. The number of hydrogen-bond acceptors (Lipinski definition) is 4. The smallest absolute Gasteiger partial charge is 0.228 e. The lowest BCUT2D eigenvalue weighted by atomic mass is 9.99. The molecule has 126 valence electrons. The number of aromatic nitrogens is 1. The van der Waals surface area contributed by atoms with E-state index in [0.29, 0.717) is 18.9 Å². The Labute approximate surface area is 141 Å². The number of piperidine rings is 1. The van der Waals surface area contributed by atoms with Crippen molar-refractivity contribution in [2.75, 3.05) is 19.6 Å². The van der Waals surface area contributed by atoms with Crippen LogP contribution in [0.2, 0.25) is 0 Å². The van der Waals surface area contributed by atoms with Crippen molar-refractivity contribution in [3.63, 3.8) is 0 Å². The molecule has 5 nitrogen and oxygen atoms in total. The molecule has 3 heterocycles. The van der Waals surface area contributed by atoms with Gasteiger partial charge in [-0.3, -0.25) is 9.59 Å². The fraction of sp³-hybridized carbons (Fsp3) is 0.706. The van der Waals surface area contributed by atoms with E-state index < -0.39 is 0 Å². The van der Waals surface area contributed by atoms with Crippen LogP contribution in [0, 0.1) is 11.8 Å². The summed E-state index contributed by atoms with van der Waals surface area (Å²) >= 11 is 1.62. The average Bonchev–Trinajstić information content (AvgIpc) is 3.17. The van der Waals surface area contributed by atoms with Gasteiger partial charge in [0.25, 0.3) is 0 Å². The van der Waals surface area contributed by atoms with E-state index >= 15 is 0 Å². The van der Waals surface area contributed by atoms with E-state index in [4.69, 9.17) is 0 Å². The summed E-state index contributed by atoms with van der Waals surface area (Å²) in [5.41, 5.74) is 0. The minimum atomic E-state index is -0.179. The van der Waals surface area contributed by atoms with Gasteiger partial charge in [0.2, 0.25) is 11.8 Å². The van der Waals surface area contributed by atoms with Gasteiger partial charge in [0.1, 0.15) is 5.01 Å². The van der Waals surface area contributed by atoms with Crippen molar-refractivity contribution in [2.45, 2.75) is 45.6 Å². The topological polar surface area (TPSA) is 53.5 Å². The van der Waals surface area contributed by atoms with Gasteiger partial charge in [-0.05, 0) is 25.2 Å². The average molecular weight is 335 g/mol. The molecule has 0 aromatic carbocycles. The lowest BCUT2D eigenvalue weighted by molar-refractivity contribution is -0.139. The molecule has 1 aromatic heterocycles. The third kappa shape index (κ3) is 3.57. The maximum atomic E-state index is 13.0. The van der Waals surface area contributed by atoms with Crippen LogP contribution >= 0.6 is 11.3 Å². The number of rotatable bonds is 4. The molecule has 2 fully saturated rings. The number of amides is 2. The summed E-state index contributed by atoms with van der Waals surface area (Å²) in [4.78, 5) is 33.4. The number of nitrogens with zero attached hydrogens (tertiary/aromatic N) is 3. The highest BCUT2D eigenvalue weighted by molar-refractivity contribution is 7.09. The first kappa shape index (κ1) is 16.4. The molecule has 0 N–H and O–H groups in total. The summed E-state index contributed by atoms with van der Waals surface area (Å²) in [5.74, 6) is 0.525. The minimum Gasteiger partial charge on any atom is -0.342 e. The monoisotopic (exact) mass is 335 g/mol. The van der Waals surface area contributed by atoms with Crippen molar-refractivity contribution in [1.29, 1.82) is 0 Å². The molecule has 2 amide bonds. The number of hydrogen-bond donors (Lipinski definition) is 0. The Bertz CT molecular complexity index is 558.